The van der Waals surface area contributed by atoms with Gasteiger partial charge in [-0.3, -0.25) is 9.59 Å². The van der Waals surface area contributed by atoms with E-state index in [0.29, 0.717) is 44.0 Å². The van der Waals surface area contributed by atoms with Crippen LogP contribution in [0.5, 0.6) is 5.75 Å². The van der Waals surface area contributed by atoms with E-state index < -0.39 is 5.41 Å². The summed E-state index contributed by atoms with van der Waals surface area (Å²) in [6, 6.07) is 7.45. The zero-order valence-corrected chi connectivity index (χ0v) is 15.2. The van der Waals surface area contributed by atoms with E-state index in [2.05, 4.69) is 5.32 Å². The second-order valence-electron chi connectivity index (χ2n) is 7.61. The van der Waals surface area contributed by atoms with Gasteiger partial charge in [0.05, 0.1) is 23.7 Å². The van der Waals surface area contributed by atoms with E-state index in [1.165, 1.54) is 6.42 Å². The Kier molecular flexibility index (Phi) is 4.61. The van der Waals surface area contributed by atoms with Crippen molar-refractivity contribution in [2.24, 2.45) is 11.3 Å². The molecule has 26 heavy (non-hydrogen) atoms. The minimum absolute atomic E-state index is 0.0140. The van der Waals surface area contributed by atoms with E-state index in [-0.39, 0.29) is 23.8 Å². The highest BCUT2D eigenvalue weighted by molar-refractivity contribution is 5.98. The number of carbonyl (C=O) groups is 2. The van der Waals surface area contributed by atoms with Crippen molar-refractivity contribution in [1.82, 2.24) is 10.2 Å². The highest BCUT2D eigenvalue weighted by Crippen LogP contribution is 2.43. The Labute approximate surface area is 153 Å². The number of rotatable bonds is 4. The first-order chi connectivity index (χ1) is 12.6. The fourth-order valence-electron chi connectivity index (χ4n) is 4.31. The van der Waals surface area contributed by atoms with Crippen molar-refractivity contribution in [3.8, 4) is 5.75 Å². The van der Waals surface area contributed by atoms with Crippen LogP contribution in [0.2, 0.25) is 0 Å². The number of benzene rings is 1. The van der Waals surface area contributed by atoms with Crippen LogP contribution in [0, 0.1) is 11.3 Å². The molecule has 1 aromatic rings. The van der Waals surface area contributed by atoms with E-state index in [9.17, 15) is 9.59 Å². The van der Waals surface area contributed by atoms with Gasteiger partial charge >= 0.3 is 0 Å². The second kappa shape index (κ2) is 6.91. The van der Waals surface area contributed by atoms with Crippen LogP contribution in [-0.2, 0) is 9.53 Å². The van der Waals surface area contributed by atoms with Crippen molar-refractivity contribution in [2.75, 3.05) is 33.4 Å². The average molecular weight is 358 g/mol. The third-order valence-electron chi connectivity index (χ3n) is 6.14. The van der Waals surface area contributed by atoms with Gasteiger partial charge in [-0.1, -0.05) is 12.1 Å². The van der Waals surface area contributed by atoms with Gasteiger partial charge in [-0.15, -0.1) is 0 Å². The van der Waals surface area contributed by atoms with Crippen LogP contribution in [0.15, 0.2) is 24.3 Å². The number of nitrogens with one attached hydrogen (secondary N) is 1. The summed E-state index contributed by atoms with van der Waals surface area (Å²) in [6.07, 6.45) is 4.15. The summed E-state index contributed by atoms with van der Waals surface area (Å²) >= 11 is 0. The minimum Gasteiger partial charge on any atom is -0.490 e. The number of amides is 2. The molecular formula is C20H26N2O4. The summed E-state index contributed by atoms with van der Waals surface area (Å²) < 4.78 is 11.6. The summed E-state index contributed by atoms with van der Waals surface area (Å²) in [7, 11) is 1.66. The maximum absolute atomic E-state index is 13.2. The zero-order chi connectivity index (χ0) is 18.1. The molecule has 0 radical (unpaired) electrons. The molecule has 2 atom stereocenters. The lowest BCUT2D eigenvalue weighted by atomic mass is 9.73. The quantitative estimate of drug-likeness (QED) is 0.892. The molecule has 6 nitrogen and oxygen atoms in total. The second-order valence-corrected chi connectivity index (χ2v) is 7.61. The van der Waals surface area contributed by atoms with Crippen LogP contribution < -0.4 is 10.1 Å². The topological polar surface area (TPSA) is 67.9 Å². The third-order valence-corrected chi connectivity index (χ3v) is 6.14. The first-order valence-corrected chi connectivity index (χ1v) is 9.49. The molecule has 0 aromatic heterocycles. The van der Waals surface area contributed by atoms with Crippen LogP contribution in [0.4, 0.5) is 0 Å². The van der Waals surface area contributed by atoms with Gasteiger partial charge in [0, 0.05) is 32.7 Å². The van der Waals surface area contributed by atoms with Crippen LogP contribution in [0.3, 0.4) is 0 Å². The van der Waals surface area contributed by atoms with Crippen molar-refractivity contribution in [2.45, 2.75) is 31.8 Å². The van der Waals surface area contributed by atoms with Gasteiger partial charge < -0.3 is 19.7 Å². The zero-order valence-electron chi connectivity index (χ0n) is 15.2. The molecule has 2 amide bonds. The molecule has 3 aliphatic rings. The number of ether oxygens (including phenoxy) is 2. The highest BCUT2D eigenvalue weighted by Gasteiger charge is 2.54. The van der Waals surface area contributed by atoms with Crippen molar-refractivity contribution in [3.63, 3.8) is 0 Å². The lowest BCUT2D eigenvalue weighted by molar-refractivity contribution is -0.138. The van der Waals surface area contributed by atoms with Crippen LogP contribution >= 0.6 is 0 Å². The van der Waals surface area contributed by atoms with Gasteiger partial charge in [0.1, 0.15) is 5.75 Å². The molecule has 1 aliphatic carbocycles. The Hall–Kier alpha value is -2.08. The normalized spacial score (nSPS) is 28.2. The predicted octanol–water partition coefficient (Wildman–Crippen LogP) is 1.84. The van der Waals surface area contributed by atoms with Gasteiger partial charge in [-0.25, -0.2) is 0 Å². The molecule has 4 rings (SSSR count). The molecule has 2 heterocycles. The predicted molar refractivity (Wildman–Crippen MR) is 96.0 cm³/mol. The van der Waals surface area contributed by atoms with Crippen LogP contribution in [0.25, 0.3) is 0 Å². The molecule has 140 valence electrons. The largest absolute Gasteiger partial charge is 0.490 e. The number of carbonyl (C=O) groups excluding carboxylic acids is 2. The van der Waals surface area contributed by atoms with Crippen molar-refractivity contribution in [1.29, 1.82) is 0 Å². The van der Waals surface area contributed by atoms with Gasteiger partial charge in [0.15, 0.2) is 0 Å². The number of nitrogens with zero attached hydrogens (tertiary/aromatic N) is 1. The van der Waals surface area contributed by atoms with E-state index in [1.807, 2.05) is 24.3 Å². The number of hydrogen-bond donors (Lipinski definition) is 1. The van der Waals surface area contributed by atoms with Gasteiger partial charge in [0.2, 0.25) is 5.91 Å². The summed E-state index contributed by atoms with van der Waals surface area (Å²) in [5.74, 6) is 0.653. The van der Waals surface area contributed by atoms with E-state index in [1.54, 1.807) is 11.9 Å². The van der Waals surface area contributed by atoms with E-state index in [0.717, 1.165) is 12.8 Å². The van der Waals surface area contributed by atoms with Gasteiger partial charge in [0.25, 0.3) is 5.91 Å². The van der Waals surface area contributed by atoms with Crippen molar-refractivity contribution in [3.05, 3.63) is 29.8 Å². The first-order valence-electron chi connectivity index (χ1n) is 9.49. The summed E-state index contributed by atoms with van der Waals surface area (Å²) in [4.78, 5) is 27.6. The molecule has 0 unspecified atom stereocenters. The molecule has 3 fully saturated rings. The van der Waals surface area contributed by atoms with Gasteiger partial charge in [-0.2, -0.15) is 0 Å². The standard InChI is InChI=1S/C20H26N2O4/c1-21-19(24)20-9-10-25-12-14(20)11-22(13-20)18(23)16-7-2-3-8-17(16)26-15-5-4-6-15/h2-3,7-8,14-15H,4-6,9-13H2,1H3,(H,21,24)/t14-,20+/m1/s1. The molecule has 6 heteroatoms. The van der Waals surface area contributed by atoms with Crippen LogP contribution in [-0.4, -0.2) is 56.2 Å². The Morgan fingerprint density at radius 2 is 2.12 bits per heavy atom. The highest BCUT2D eigenvalue weighted by atomic mass is 16.5. The molecule has 0 bridgehead atoms. The minimum atomic E-state index is -0.535. The van der Waals surface area contributed by atoms with Gasteiger partial charge in [-0.05, 0) is 37.8 Å². The molecule has 1 saturated carbocycles. The lowest BCUT2D eigenvalue weighted by Crippen LogP contribution is -2.49. The SMILES string of the molecule is CNC(=O)[C@]12CCOC[C@H]1CN(C(=O)c1ccccc1OC1CCC1)C2. The Bertz CT molecular complexity index is 703. The fraction of sp³-hybridized carbons (Fsp3) is 0.600. The fourth-order valence-corrected chi connectivity index (χ4v) is 4.31. The summed E-state index contributed by atoms with van der Waals surface area (Å²) in [5.41, 5.74) is 0.0536. The molecular weight excluding hydrogens is 332 g/mol. The smallest absolute Gasteiger partial charge is 0.257 e. The van der Waals surface area contributed by atoms with Crippen molar-refractivity contribution < 1.29 is 19.1 Å². The monoisotopic (exact) mass is 358 g/mol. The van der Waals surface area contributed by atoms with E-state index in [4.69, 9.17) is 9.47 Å². The first kappa shape index (κ1) is 17.3. The van der Waals surface area contributed by atoms with Crippen molar-refractivity contribution >= 4 is 11.8 Å². The third kappa shape index (κ3) is 2.86. The Morgan fingerprint density at radius 1 is 1.31 bits per heavy atom. The Balaban J connectivity index is 1.56. The maximum Gasteiger partial charge on any atom is 0.257 e. The number of para-hydroxylation sites is 1. The van der Waals surface area contributed by atoms with E-state index >= 15 is 0 Å². The Morgan fingerprint density at radius 3 is 2.85 bits per heavy atom. The molecule has 1 aromatic carbocycles. The number of likely N-dealkylation sites (tertiary alicyclic amines) is 1. The number of fused-ring (bicyclic) bond motifs is 1. The van der Waals surface area contributed by atoms with Crippen LogP contribution in [0.1, 0.15) is 36.0 Å². The summed E-state index contributed by atoms with van der Waals surface area (Å²) in [6.45, 7) is 2.08. The maximum atomic E-state index is 13.2. The molecule has 1 N–H and O–H groups in total. The molecule has 2 aliphatic heterocycles. The molecule has 2 saturated heterocycles. The number of hydrogen-bond acceptors (Lipinski definition) is 4. The average Bonchev–Trinajstić information content (AvgIpc) is 3.04. The lowest BCUT2D eigenvalue weighted by Gasteiger charge is -2.36. The summed E-state index contributed by atoms with van der Waals surface area (Å²) in [5, 5.41) is 2.79. The molecule has 0 spiro atoms.